The summed E-state index contributed by atoms with van der Waals surface area (Å²) in [5, 5.41) is 6.42. The molecule has 1 aliphatic heterocycles. The lowest BCUT2D eigenvalue weighted by Gasteiger charge is -2.31. The lowest BCUT2D eigenvalue weighted by molar-refractivity contribution is -0.115. The molecule has 0 unspecified atom stereocenters. The molecule has 150 valence electrons. The number of methoxy groups -OCH3 is 2. The zero-order chi connectivity index (χ0) is 19.8. The van der Waals surface area contributed by atoms with Gasteiger partial charge in [-0.1, -0.05) is 11.6 Å². The fraction of sp³-hybridized carbons (Fsp3) is 0.556. The topological polar surface area (TPSA) is 89.1 Å². The fourth-order valence-corrected chi connectivity index (χ4v) is 3.10. The second-order valence-corrected chi connectivity index (χ2v) is 6.48. The molecule has 0 spiro atoms. The van der Waals surface area contributed by atoms with E-state index in [0.717, 1.165) is 12.8 Å². The first-order chi connectivity index (χ1) is 13.0. The molecule has 0 aromatic heterocycles. The van der Waals surface area contributed by atoms with Crippen LogP contribution in [0, 0.1) is 0 Å². The Labute approximate surface area is 164 Å². The number of halogens is 1. The largest absolute Gasteiger partial charge is 0.495 e. The molecular weight excluding hydrogens is 374 g/mol. The van der Waals surface area contributed by atoms with Crippen LogP contribution >= 0.6 is 11.6 Å². The number of carbonyl (C=O) groups excluding carboxylic acids is 2. The minimum atomic E-state index is -0.280. The van der Waals surface area contributed by atoms with Crippen molar-refractivity contribution in [2.75, 3.05) is 45.8 Å². The van der Waals surface area contributed by atoms with Crippen LogP contribution in [0.2, 0.25) is 5.02 Å². The lowest BCUT2D eigenvalue weighted by Crippen LogP contribution is -2.46. The van der Waals surface area contributed by atoms with Crippen LogP contribution in [-0.2, 0) is 9.53 Å². The first-order valence-electron chi connectivity index (χ1n) is 8.84. The Bertz CT molecular complexity index is 663. The van der Waals surface area contributed by atoms with E-state index in [9.17, 15) is 9.59 Å². The van der Waals surface area contributed by atoms with E-state index in [4.69, 9.17) is 25.8 Å². The Morgan fingerprint density at radius 1 is 1.19 bits per heavy atom. The quantitative estimate of drug-likeness (QED) is 0.732. The average molecular weight is 400 g/mol. The van der Waals surface area contributed by atoms with Crippen LogP contribution < -0.4 is 20.1 Å². The summed E-state index contributed by atoms with van der Waals surface area (Å²) in [6.45, 7) is 3.53. The van der Waals surface area contributed by atoms with Crippen molar-refractivity contribution in [3.8, 4) is 11.5 Å². The summed E-state index contributed by atoms with van der Waals surface area (Å²) < 4.78 is 15.4. The van der Waals surface area contributed by atoms with Crippen LogP contribution in [0.4, 0.5) is 10.5 Å². The molecule has 8 nitrogen and oxygen atoms in total. The molecule has 1 saturated heterocycles. The smallest absolute Gasteiger partial charge is 0.409 e. The number of nitrogens with zero attached hydrogens (tertiary/aromatic N) is 1. The van der Waals surface area contributed by atoms with E-state index >= 15 is 0 Å². The zero-order valence-electron chi connectivity index (χ0n) is 15.8. The normalized spacial score (nSPS) is 14.6. The van der Waals surface area contributed by atoms with E-state index in [1.165, 1.54) is 14.2 Å². The van der Waals surface area contributed by atoms with Crippen LogP contribution in [0.3, 0.4) is 0 Å². The predicted octanol–water partition coefficient (Wildman–Crippen LogP) is 2.51. The molecule has 9 heteroatoms. The van der Waals surface area contributed by atoms with Gasteiger partial charge in [0, 0.05) is 31.3 Å². The molecule has 0 aliphatic carbocycles. The third kappa shape index (κ3) is 5.90. The summed E-state index contributed by atoms with van der Waals surface area (Å²) in [4.78, 5) is 25.7. The average Bonchev–Trinajstić information content (AvgIpc) is 2.68. The lowest BCUT2D eigenvalue weighted by atomic mass is 10.1. The third-order valence-corrected chi connectivity index (χ3v) is 4.62. The molecule has 27 heavy (non-hydrogen) atoms. The van der Waals surface area contributed by atoms with Crippen LogP contribution in [-0.4, -0.2) is 63.4 Å². The number of amides is 2. The van der Waals surface area contributed by atoms with Crippen LogP contribution in [0.25, 0.3) is 0 Å². The molecule has 1 fully saturated rings. The molecule has 1 heterocycles. The van der Waals surface area contributed by atoms with Crippen molar-refractivity contribution in [2.45, 2.75) is 25.8 Å². The monoisotopic (exact) mass is 399 g/mol. The van der Waals surface area contributed by atoms with Crippen LogP contribution in [0.1, 0.15) is 19.8 Å². The van der Waals surface area contributed by atoms with Crippen molar-refractivity contribution in [3.05, 3.63) is 17.2 Å². The SMILES string of the molecule is CCOC(=O)N1CCC(NCC(=O)Nc2cc(OC)c(Cl)cc2OC)CC1. The van der Waals surface area contributed by atoms with Crippen molar-refractivity contribution >= 4 is 29.3 Å². The Kier molecular flexibility index (Phi) is 7.99. The minimum Gasteiger partial charge on any atom is -0.495 e. The maximum absolute atomic E-state index is 12.3. The fourth-order valence-electron chi connectivity index (χ4n) is 2.87. The van der Waals surface area contributed by atoms with Crippen molar-refractivity contribution < 1.29 is 23.8 Å². The van der Waals surface area contributed by atoms with Gasteiger partial charge in [0.2, 0.25) is 5.91 Å². The molecule has 0 radical (unpaired) electrons. The second-order valence-electron chi connectivity index (χ2n) is 6.08. The first kappa shape index (κ1) is 21.1. The number of piperidine rings is 1. The third-order valence-electron chi connectivity index (χ3n) is 4.32. The molecule has 1 aromatic carbocycles. The molecule has 2 N–H and O–H groups in total. The maximum atomic E-state index is 12.3. The van der Waals surface area contributed by atoms with E-state index in [2.05, 4.69) is 10.6 Å². The van der Waals surface area contributed by atoms with Gasteiger partial charge in [-0.05, 0) is 19.8 Å². The Hall–Kier alpha value is -2.19. The van der Waals surface area contributed by atoms with Gasteiger partial charge >= 0.3 is 6.09 Å². The number of likely N-dealkylation sites (tertiary alicyclic amines) is 1. The number of hydrogen-bond acceptors (Lipinski definition) is 6. The van der Waals surface area contributed by atoms with Crippen molar-refractivity contribution in [2.24, 2.45) is 0 Å². The van der Waals surface area contributed by atoms with Gasteiger partial charge in [-0.3, -0.25) is 4.79 Å². The van der Waals surface area contributed by atoms with E-state index in [0.29, 0.717) is 41.9 Å². The number of nitrogens with one attached hydrogen (secondary N) is 2. The van der Waals surface area contributed by atoms with Gasteiger partial charge < -0.3 is 29.7 Å². The molecular formula is C18H26ClN3O5. The van der Waals surface area contributed by atoms with Crippen LogP contribution in [0.15, 0.2) is 12.1 Å². The number of hydrogen-bond donors (Lipinski definition) is 2. The highest BCUT2D eigenvalue weighted by atomic mass is 35.5. The molecule has 0 saturated carbocycles. The van der Waals surface area contributed by atoms with E-state index in [1.54, 1.807) is 24.0 Å². The molecule has 1 aliphatic rings. The van der Waals surface area contributed by atoms with Crippen molar-refractivity contribution in [1.29, 1.82) is 0 Å². The number of ether oxygens (including phenoxy) is 3. The summed E-state index contributed by atoms with van der Waals surface area (Å²) in [7, 11) is 3.01. The van der Waals surface area contributed by atoms with Gasteiger partial charge in [0.05, 0.1) is 38.1 Å². The van der Waals surface area contributed by atoms with Gasteiger partial charge in [0.25, 0.3) is 0 Å². The molecule has 0 atom stereocenters. The highest BCUT2D eigenvalue weighted by molar-refractivity contribution is 6.32. The van der Waals surface area contributed by atoms with Gasteiger partial charge in [-0.2, -0.15) is 0 Å². The summed E-state index contributed by atoms with van der Waals surface area (Å²) in [6.07, 6.45) is 1.26. The predicted molar refractivity (Wildman–Crippen MR) is 103 cm³/mol. The maximum Gasteiger partial charge on any atom is 0.409 e. The van der Waals surface area contributed by atoms with E-state index in [1.807, 2.05) is 0 Å². The second kappa shape index (κ2) is 10.2. The number of carbonyl (C=O) groups is 2. The van der Waals surface area contributed by atoms with Crippen molar-refractivity contribution in [1.82, 2.24) is 10.2 Å². The minimum absolute atomic E-state index is 0.151. The zero-order valence-corrected chi connectivity index (χ0v) is 16.6. The Balaban J connectivity index is 1.83. The first-order valence-corrected chi connectivity index (χ1v) is 9.22. The number of anilines is 1. The van der Waals surface area contributed by atoms with Crippen LogP contribution in [0.5, 0.6) is 11.5 Å². The van der Waals surface area contributed by atoms with Crippen molar-refractivity contribution in [3.63, 3.8) is 0 Å². The molecule has 1 aromatic rings. The van der Waals surface area contributed by atoms with E-state index < -0.39 is 0 Å². The van der Waals surface area contributed by atoms with Gasteiger partial charge in [-0.15, -0.1) is 0 Å². The van der Waals surface area contributed by atoms with Gasteiger partial charge in [-0.25, -0.2) is 4.79 Å². The summed E-state index contributed by atoms with van der Waals surface area (Å²) in [5.74, 6) is 0.703. The van der Waals surface area contributed by atoms with E-state index in [-0.39, 0.29) is 24.6 Å². The Morgan fingerprint density at radius 3 is 2.44 bits per heavy atom. The highest BCUT2D eigenvalue weighted by Crippen LogP contribution is 2.35. The Morgan fingerprint density at radius 2 is 1.85 bits per heavy atom. The standard InChI is InChI=1S/C18H26ClN3O5/c1-4-27-18(24)22-7-5-12(6-8-22)20-11-17(23)21-14-10-15(25-2)13(19)9-16(14)26-3/h9-10,12,20H,4-8,11H2,1-3H3,(H,21,23). The van der Waals surface area contributed by atoms with Gasteiger partial charge in [0.1, 0.15) is 11.5 Å². The molecule has 2 rings (SSSR count). The summed E-state index contributed by atoms with van der Waals surface area (Å²) in [5.41, 5.74) is 0.489. The van der Waals surface area contributed by atoms with Gasteiger partial charge in [0.15, 0.2) is 0 Å². The number of rotatable bonds is 7. The molecule has 2 amide bonds. The summed E-state index contributed by atoms with van der Waals surface area (Å²) >= 11 is 6.07. The molecule has 0 bridgehead atoms. The highest BCUT2D eigenvalue weighted by Gasteiger charge is 2.23. The summed E-state index contributed by atoms with van der Waals surface area (Å²) in [6, 6.07) is 3.38. The number of benzene rings is 1.